The van der Waals surface area contributed by atoms with Crippen LogP contribution in [-0.4, -0.2) is 37.4 Å². The van der Waals surface area contributed by atoms with Gasteiger partial charge in [-0.15, -0.1) is 0 Å². The molecule has 3 nitrogen and oxygen atoms in total. The summed E-state index contributed by atoms with van der Waals surface area (Å²) in [6.45, 7) is 0.452. The van der Waals surface area contributed by atoms with Crippen molar-refractivity contribution in [2.45, 2.75) is 18.9 Å². The van der Waals surface area contributed by atoms with E-state index >= 15 is 0 Å². The van der Waals surface area contributed by atoms with Crippen molar-refractivity contribution in [2.24, 2.45) is 0 Å². The summed E-state index contributed by atoms with van der Waals surface area (Å²) in [6, 6.07) is 5.75. The van der Waals surface area contributed by atoms with Crippen molar-refractivity contribution < 1.29 is 9.53 Å². The van der Waals surface area contributed by atoms with Crippen LogP contribution in [0.15, 0.2) is 18.2 Å². The van der Waals surface area contributed by atoms with Gasteiger partial charge in [-0.1, -0.05) is 11.6 Å². The third-order valence-corrected chi connectivity index (χ3v) is 3.33. The monoisotopic (exact) mass is 253 g/mol. The van der Waals surface area contributed by atoms with Crippen molar-refractivity contribution in [3.63, 3.8) is 0 Å². The van der Waals surface area contributed by atoms with Crippen LogP contribution in [0.25, 0.3) is 0 Å². The molecular formula is C13H16ClNO2. The van der Waals surface area contributed by atoms with Crippen LogP contribution < -0.4 is 4.74 Å². The molecule has 1 saturated carbocycles. The first-order chi connectivity index (χ1) is 8.11. The summed E-state index contributed by atoms with van der Waals surface area (Å²) in [5.41, 5.74) is 0.642. The molecule has 0 spiro atoms. The van der Waals surface area contributed by atoms with Gasteiger partial charge in [-0.25, -0.2) is 0 Å². The summed E-state index contributed by atoms with van der Waals surface area (Å²) >= 11 is 5.99. The van der Waals surface area contributed by atoms with Crippen LogP contribution in [0.4, 0.5) is 0 Å². The molecule has 0 aromatic heterocycles. The Morgan fingerprint density at radius 2 is 2.24 bits per heavy atom. The Morgan fingerprint density at radius 1 is 1.53 bits per heavy atom. The second kappa shape index (κ2) is 5.07. The zero-order valence-corrected chi connectivity index (χ0v) is 10.8. The molecule has 1 aromatic carbocycles. The van der Waals surface area contributed by atoms with Gasteiger partial charge in [-0.3, -0.25) is 9.69 Å². The molecule has 1 fully saturated rings. The van der Waals surface area contributed by atoms with Crippen molar-refractivity contribution in [3.05, 3.63) is 28.8 Å². The number of rotatable bonds is 5. The lowest BCUT2D eigenvalue weighted by atomic mass is 10.1. The lowest BCUT2D eigenvalue weighted by Gasteiger charge is -2.14. The van der Waals surface area contributed by atoms with E-state index in [2.05, 4.69) is 4.90 Å². The average Bonchev–Trinajstić information content (AvgIpc) is 3.12. The summed E-state index contributed by atoms with van der Waals surface area (Å²) in [5.74, 6) is 0.697. The number of hydrogen-bond acceptors (Lipinski definition) is 3. The first-order valence-corrected chi connectivity index (χ1v) is 6.06. The standard InChI is InChI=1S/C13H16ClNO2/c1-15(10-4-5-10)8-12(16)9-3-6-13(17-2)11(14)7-9/h3,6-7,10H,4-5,8H2,1-2H3. The Bertz CT molecular complexity index is 429. The predicted molar refractivity (Wildman–Crippen MR) is 68.0 cm³/mol. The van der Waals surface area contributed by atoms with Crippen LogP contribution in [0.5, 0.6) is 5.75 Å². The molecule has 0 saturated heterocycles. The van der Waals surface area contributed by atoms with Gasteiger partial charge in [0.25, 0.3) is 0 Å². The number of carbonyl (C=O) groups is 1. The Balaban J connectivity index is 2.05. The molecule has 0 aliphatic heterocycles. The van der Waals surface area contributed by atoms with Gasteiger partial charge in [0.15, 0.2) is 5.78 Å². The highest BCUT2D eigenvalue weighted by atomic mass is 35.5. The SMILES string of the molecule is COc1ccc(C(=O)CN(C)C2CC2)cc1Cl. The Kier molecular flexibility index (Phi) is 3.69. The lowest BCUT2D eigenvalue weighted by molar-refractivity contribution is 0.0942. The number of Topliss-reactive ketones (excluding diaryl/α,β-unsaturated/α-hetero) is 1. The first kappa shape index (κ1) is 12.4. The molecule has 17 heavy (non-hydrogen) atoms. The number of nitrogens with zero attached hydrogens (tertiary/aromatic N) is 1. The molecule has 1 aliphatic rings. The molecular weight excluding hydrogens is 238 g/mol. The minimum atomic E-state index is 0.101. The fourth-order valence-electron chi connectivity index (χ4n) is 1.80. The molecule has 0 radical (unpaired) electrons. The van der Waals surface area contributed by atoms with E-state index < -0.39 is 0 Å². The van der Waals surface area contributed by atoms with E-state index in [0.29, 0.717) is 28.9 Å². The normalized spacial score (nSPS) is 15.1. The van der Waals surface area contributed by atoms with Crippen molar-refractivity contribution in [2.75, 3.05) is 20.7 Å². The highest BCUT2D eigenvalue weighted by Crippen LogP contribution is 2.27. The van der Waals surface area contributed by atoms with Gasteiger partial charge in [0, 0.05) is 11.6 Å². The molecule has 0 heterocycles. The third-order valence-electron chi connectivity index (χ3n) is 3.04. The number of halogens is 1. The molecule has 4 heteroatoms. The van der Waals surface area contributed by atoms with Gasteiger partial charge in [0.05, 0.1) is 18.7 Å². The maximum Gasteiger partial charge on any atom is 0.176 e. The maximum absolute atomic E-state index is 12.0. The van der Waals surface area contributed by atoms with Crippen LogP contribution >= 0.6 is 11.6 Å². The van der Waals surface area contributed by atoms with Crippen molar-refractivity contribution in [1.82, 2.24) is 4.90 Å². The predicted octanol–water partition coefficient (Wildman–Crippen LogP) is 2.63. The van der Waals surface area contributed by atoms with E-state index in [4.69, 9.17) is 16.3 Å². The van der Waals surface area contributed by atoms with Crippen molar-refractivity contribution in [3.8, 4) is 5.75 Å². The van der Waals surface area contributed by atoms with Crippen LogP contribution in [-0.2, 0) is 0 Å². The lowest BCUT2D eigenvalue weighted by Crippen LogP contribution is -2.27. The summed E-state index contributed by atoms with van der Waals surface area (Å²) in [5, 5.41) is 0.479. The van der Waals surface area contributed by atoms with Gasteiger partial charge < -0.3 is 4.74 Å². The minimum Gasteiger partial charge on any atom is -0.495 e. The van der Waals surface area contributed by atoms with E-state index in [0.717, 1.165) is 0 Å². The number of likely N-dealkylation sites (N-methyl/N-ethyl adjacent to an activating group) is 1. The smallest absolute Gasteiger partial charge is 0.176 e. The summed E-state index contributed by atoms with van der Waals surface area (Å²) < 4.78 is 5.06. The molecule has 0 bridgehead atoms. The average molecular weight is 254 g/mol. The fraction of sp³-hybridized carbons (Fsp3) is 0.462. The Morgan fingerprint density at radius 3 is 2.76 bits per heavy atom. The molecule has 0 N–H and O–H groups in total. The molecule has 1 aliphatic carbocycles. The van der Waals surface area contributed by atoms with Crippen LogP contribution in [0.2, 0.25) is 5.02 Å². The third kappa shape index (κ3) is 2.99. The number of benzene rings is 1. The van der Waals surface area contributed by atoms with E-state index in [-0.39, 0.29) is 5.78 Å². The highest BCUT2D eigenvalue weighted by molar-refractivity contribution is 6.32. The van der Waals surface area contributed by atoms with Crippen LogP contribution in [0.3, 0.4) is 0 Å². The minimum absolute atomic E-state index is 0.101. The second-order valence-corrected chi connectivity index (χ2v) is 4.83. The van der Waals surface area contributed by atoms with E-state index in [1.165, 1.54) is 12.8 Å². The van der Waals surface area contributed by atoms with Crippen molar-refractivity contribution in [1.29, 1.82) is 0 Å². The Hall–Kier alpha value is -1.06. The molecule has 0 amide bonds. The van der Waals surface area contributed by atoms with Crippen molar-refractivity contribution >= 4 is 17.4 Å². The topological polar surface area (TPSA) is 29.5 Å². The zero-order chi connectivity index (χ0) is 12.4. The number of carbonyl (C=O) groups excluding carboxylic acids is 1. The van der Waals surface area contributed by atoms with Crippen LogP contribution in [0.1, 0.15) is 23.2 Å². The van der Waals surface area contributed by atoms with E-state index in [9.17, 15) is 4.79 Å². The fourth-order valence-corrected chi connectivity index (χ4v) is 2.06. The largest absolute Gasteiger partial charge is 0.495 e. The van der Waals surface area contributed by atoms with Crippen LogP contribution in [0, 0.1) is 0 Å². The summed E-state index contributed by atoms with van der Waals surface area (Å²) in [7, 11) is 3.55. The van der Waals surface area contributed by atoms with Gasteiger partial charge in [-0.05, 0) is 38.1 Å². The second-order valence-electron chi connectivity index (χ2n) is 4.42. The molecule has 2 rings (SSSR count). The number of ether oxygens (including phenoxy) is 1. The van der Waals surface area contributed by atoms with Gasteiger partial charge in [0.1, 0.15) is 5.75 Å². The maximum atomic E-state index is 12.0. The van der Waals surface area contributed by atoms with Gasteiger partial charge in [0.2, 0.25) is 0 Å². The number of methoxy groups -OCH3 is 1. The van der Waals surface area contributed by atoms with E-state index in [1.54, 1.807) is 25.3 Å². The quantitative estimate of drug-likeness (QED) is 0.756. The molecule has 0 atom stereocenters. The zero-order valence-electron chi connectivity index (χ0n) is 10.1. The number of hydrogen-bond donors (Lipinski definition) is 0. The van der Waals surface area contributed by atoms with E-state index in [1.807, 2.05) is 7.05 Å². The first-order valence-electron chi connectivity index (χ1n) is 5.69. The molecule has 92 valence electrons. The van der Waals surface area contributed by atoms with Gasteiger partial charge >= 0.3 is 0 Å². The highest BCUT2D eigenvalue weighted by Gasteiger charge is 2.27. The summed E-state index contributed by atoms with van der Waals surface area (Å²) in [6.07, 6.45) is 2.40. The van der Waals surface area contributed by atoms with Gasteiger partial charge in [-0.2, -0.15) is 0 Å². The number of ketones is 1. The summed E-state index contributed by atoms with van der Waals surface area (Å²) in [4.78, 5) is 14.1. The Labute approximate surface area is 106 Å². The molecule has 1 aromatic rings. The molecule has 0 unspecified atom stereocenters.